The maximum absolute atomic E-state index is 12.7. The largest absolute Gasteiger partial charge is 0.310 e. The summed E-state index contributed by atoms with van der Waals surface area (Å²) < 4.78 is 28.2. The van der Waals surface area contributed by atoms with E-state index in [9.17, 15) is 8.42 Å². The van der Waals surface area contributed by atoms with Crippen molar-refractivity contribution in [2.45, 2.75) is 63.6 Å². The molecule has 2 atom stereocenters. The van der Waals surface area contributed by atoms with E-state index in [1.54, 1.807) is 12.1 Å². The maximum Gasteiger partial charge on any atom is 0.241 e. The van der Waals surface area contributed by atoms with Crippen molar-refractivity contribution < 1.29 is 8.42 Å². The first-order valence-corrected chi connectivity index (χ1v) is 9.22. The van der Waals surface area contributed by atoms with E-state index in [2.05, 4.69) is 30.8 Å². The van der Waals surface area contributed by atoms with Crippen molar-refractivity contribution in [3.05, 3.63) is 29.8 Å². The van der Waals surface area contributed by atoms with E-state index in [1.165, 1.54) is 0 Å². The van der Waals surface area contributed by atoms with E-state index < -0.39 is 10.0 Å². The molecule has 2 unspecified atom stereocenters. The van der Waals surface area contributed by atoms with Gasteiger partial charge in [-0.15, -0.1) is 0 Å². The lowest BCUT2D eigenvalue weighted by atomic mass is 10.1. The van der Waals surface area contributed by atoms with Gasteiger partial charge in [0.25, 0.3) is 0 Å². The van der Waals surface area contributed by atoms with Crippen LogP contribution in [0.4, 0.5) is 0 Å². The van der Waals surface area contributed by atoms with Crippen LogP contribution >= 0.6 is 0 Å². The highest BCUT2D eigenvalue weighted by molar-refractivity contribution is 7.89. The Morgan fingerprint density at radius 2 is 1.95 bits per heavy atom. The molecule has 1 aromatic rings. The Bertz CT molecular complexity index is 569. The van der Waals surface area contributed by atoms with Crippen LogP contribution in [0.2, 0.25) is 0 Å². The third kappa shape index (κ3) is 4.28. The summed E-state index contributed by atoms with van der Waals surface area (Å²) >= 11 is 0. The molecule has 1 aliphatic rings. The summed E-state index contributed by atoms with van der Waals surface area (Å²) in [5.74, 6) is 0.417. The lowest BCUT2D eigenvalue weighted by Gasteiger charge is -2.19. The summed E-state index contributed by atoms with van der Waals surface area (Å²) in [6, 6.07) is 7.63. The zero-order valence-electron chi connectivity index (χ0n) is 13.1. The molecular weight excluding hydrogens is 284 g/mol. The molecular formula is C16H26N2O2S. The third-order valence-electron chi connectivity index (χ3n) is 4.13. The molecule has 0 aliphatic heterocycles. The van der Waals surface area contributed by atoms with Crippen LogP contribution in [0.1, 0.15) is 45.6 Å². The number of hydrogen-bond donors (Lipinski definition) is 2. The minimum Gasteiger partial charge on any atom is -0.310 e. The fourth-order valence-electron chi connectivity index (χ4n) is 2.81. The van der Waals surface area contributed by atoms with Crippen molar-refractivity contribution in [3.63, 3.8) is 0 Å². The van der Waals surface area contributed by atoms with Crippen molar-refractivity contribution in [1.82, 2.24) is 10.0 Å². The molecule has 1 aromatic carbocycles. The monoisotopic (exact) mass is 310 g/mol. The number of sulfonamides is 1. The van der Waals surface area contributed by atoms with Gasteiger partial charge in [0.1, 0.15) is 0 Å². The number of nitrogens with one attached hydrogen (secondary N) is 2. The molecule has 0 spiro atoms. The van der Waals surface area contributed by atoms with Gasteiger partial charge >= 0.3 is 0 Å². The highest BCUT2D eigenvalue weighted by atomic mass is 32.2. The van der Waals surface area contributed by atoms with E-state index in [-0.39, 0.29) is 6.04 Å². The quantitative estimate of drug-likeness (QED) is 0.849. The molecule has 2 N–H and O–H groups in total. The molecule has 0 saturated heterocycles. The molecule has 0 aromatic heterocycles. The van der Waals surface area contributed by atoms with Crippen LogP contribution in [0.3, 0.4) is 0 Å². The highest BCUT2D eigenvalue weighted by Gasteiger charge is 2.29. The average molecular weight is 310 g/mol. The Morgan fingerprint density at radius 3 is 2.57 bits per heavy atom. The van der Waals surface area contributed by atoms with E-state index in [0.717, 1.165) is 24.8 Å². The summed E-state index contributed by atoms with van der Waals surface area (Å²) in [6.45, 7) is 6.78. The van der Waals surface area contributed by atoms with Crippen LogP contribution < -0.4 is 10.0 Å². The standard InChI is InChI=1S/C16H26N2O2S/c1-12(2)17-11-14-8-4-5-10-16(14)21(19,20)18-15-9-6-7-13(15)3/h4-5,8,10,12-13,15,17-18H,6-7,9,11H2,1-3H3. The third-order valence-corrected chi connectivity index (χ3v) is 5.72. The maximum atomic E-state index is 12.7. The first-order chi connectivity index (χ1) is 9.90. The molecule has 0 heterocycles. The van der Waals surface area contributed by atoms with Gasteiger partial charge in [0.05, 0.1) is 4.90 Å². The predicted octanol–water partition coefficient (Wildman–Crippen LogP) is 2.65. The average Bonchev–Trinajstić information content (AvgIpc) is 2.81. The Balaban J connectivity index is 2.19. The van der Waals surface area contributed by atoms with Crippen LogP contribution in [0.15, 0.2) is 29.2 Å². The van der Waals surface area contributed by atoms with Gasteiger partial charge < -0.3 is 5.32 Å². The van der Waals surface area contributed by atoms with Crippen molar-refractivity contribution in [2.75, 3.05) is 0 Å². The fourth-order valence-corrected chi connectivity index (χ4v) is 4.43. The van der Waals surface area contributed by atoms with E-state index in [4.69, 9.17) is 0 Å². The van der Waals surface area contributed by atoms with Crippen molar-refractivity contribution >= 4 is 10.0 Å². The molecule has 0 bridgehead atoms. The Kier molecular flexibility index (Phi) is 5.41. The lowest BCUT2D eigenvalue weighted by Crippen LogP contribution is -2.37. The van der Waals surface area contributed by atoms with Crippen molar-refractivity contribution in [1.29, 1.82) is 0 Å². The van der Waals surface area contributed by atoms with E-state index in [0.29, 0.717) is 23.4 Å². The Hall–Kier alpha value is -0.910. The molecule has 5 heteroatoms. The molecule has 1 fully saturated rings. The van der Waals surface area contributed by atoms with Gasteiger partial charge in [-0.25, -0.2) is 13.1 Å². The molecule has 21 heavy (non-hydrogen) atoms. The molecule has 0 amide bonds. The second-order valence-electron chi connectivity index (χ2n) is 6.28. The smallest absolute Gasteiger partial charge is 0.241 e. The van der Waals surface area contributed by atoms with Crippen LogP contribution in [-0.2, 0) is 16.6 Å². The van der Waals surface area contributed by atoms with E-state index >= 15 is 0 Å². The zero-order valence-corrected chi connectivity index (χ0v) is 13.9. The first kappa shape index (κ1) is 16.5. The summed E-state index contributed by atoms with van der Waals surface area (Å²) in [6.07, 6.45) is 3.14. The molecule has 118 valence electrons. The molecule has 1 saturated carbocycles. The molecule has 4 nitrogen and oxygen atoms in total. The highest BCUT2D eigenvalue weighted by Crippen LogP contribution is 2.27. The predicted molar refractivity (Wildman–Crippen MR) is 85.5 cm³/mol. The van der Waals surface area contributed by atoms with Gasteiger partial charge in [-0.2, -0.15) is 0 Å². The summed E-state index contributed by atoms with van der Waals surface area (Å²) in [5, 5.41) is 3.28. The number of benzene rings is 1. The topological polar surface area (TPSA) is 58.2 Å². The Morgan fingerprint density at radius 1 is 1.24 bits per heavy atom. The van der Waals surface area contributed by atoms with Crippen LogP contribution in [0, 0.1) is 5.92 Å². The minimum atomic E-state index is -3.45. The van der Waals surface area contributed by atoms with Crippen LogP contribution in [0.25, 0.3) is 0 Å². The van der Waals surface area contributed by atoms with Crippen molar-refractivity contribution in [2.24, 2.45) is 5.92 Å². The van der Waals surface area contributed by atoms with Gasteiger partial charge in [-0.1, -0.05) is 45.4 Å². The first-order valence-electron chi connectivity index (χ1n) is 7.74. The minimum absolute atomic E-state index is 0.0705. The molecule has 0 radical (unpaired) electrons. The van der Waals surface area contributed by atoms with E-state index in [1.807, 2.05) is 12.1 Å². The zero-order chi connectivity index (χ0) is 15.5. The summed E-state index contributed by atoms with van der Waals surface area (Å²) in [4.78, 5) is 0.400. The second kappa shape index (κ2) is 6.90. The Labute approximate surface area is 128 Å². The second-order valence-corrected chi connectivity index (χ2v) is 7.96. The van der Waals surface area contributed by atoms with Gasteiger partial charge in [0, 0.05) is 18.6 Å². The molecule has 2 rings (SSSR count). The SMILES string of the molecule is CC(C)NCc1ccccc1S(=O)(=O)NC1CCCC1C. The fraction of sp³-hybridized carbons (Fsp3) is 0.625. The van der Waals surface area contributed by atoms with Gasteiger partial charge in [-0.3, -0.25) is 0 Å². The lowest BCUT2D eigenvalue weighted by molar-refractivity contribution is 0.475. The number of rotatable bonds is 6. The van der Waals surface area contributed by atoms with Gasteiger partial charge in [-0.05, 0) is 30.4 Å². The van der Waals surface area contributed by atoms with Crippen LogP contribution in [-0.4, -0.2) is 20.5 Å². The van der Waals surface area contributed by atoms with Crippen molar-refractivity contribution in [3.8, 4) is 0 Å². The summed E-state index contributed by atoms with van der Waals surface area (Å²) in [7, 11) is -3.45. The van der Waals surface area contributed by atoms with Gasteiger partial charge in [0.2, 0.25) is 10.0 Å². The van der Waals surface area contributed by atoms with Crippen LogP contribution in [0.5, 0.6) is 0 Å². The number of hydrogen-bond acceptors (Lipinski definition) is 3. The summed E-state index contributed by atoms with van der Waals surface area (Å²) in [5.41, 5.74) is 0.823. The normalized spacial score (nSPS) is 22.9. The van der Waals surface area contributed by atoms with Gasteiger partial charge in [0.15, 0.2) is 0 Å². The molecule has 1 aliphatic carbocycles.